The lowest BCUT2D eigenvalue weighted by Gasteiger charge is -2.22. The third-order valence-electron chi connectivity index (χ3n) is 5.55. The number of ether oxygens (including phenoxy) is 3. The maximum absolute atomic E-state index is 12.2. The zero-order valence-corrected chi connectivity index (χ0v) is 21.3. The van der Waals surface area contributed by atoms with E-state index in [1.165, 1.54) is 13.2 Å². The van der Waals surface area contributed by atoms with E-state index in [1.54, 1.807) is 32.9 Å². The van der Waals surface area contributed by atoms with Crippen LogP contribution in [0, 0.1) is 6.92 Å². The van der Waals surface area contributed by atoms with Gasteiger partial charge in [0.2, 0.25) is 0 Å². The molecule has 2 N–H and O–H groups in total. The second kappa shape index (κ2) is 11.6. The van der Waals surface area contributed by atoms with E-state index in [1.807, 2.05) is 30.3 Å². The molecular weight excluding hydrogens is 458 g/mol. The number of phenolic OH excluding ortho intramolecular Hbond substituents is 1. The first-order chi connectivity index (χ1) is 17.1. The molecule has 190 valence electrons. The lowest BCUT2D eigenvalue weighted by molar-refractivity contribution is -0.143. The van der Waals surface area contributed by atoms with E-state index in [2.05, 4.69) is 30.4 Å². The van der Waals surface area contributed by atoms with Crippen LogP contribution in [-0.4, -0.2) is 35.9 Å². The van der Waals surface area contributed by atoms with Gasteiger partial charge in [-0.2, -0.15) is 0 Å². The number of rotatable bonds is 8. The van der Waals surface area contributed by atoms with E-state index >= 15 is 0 Å². The Labute approximate surface area is 212 Å². The van der Waals surface area contributed by atoms with Crippen molar-refractivity contribution in [1.29, 1.82) is 0 Å². The summed E-state index contributed by atoms with van der Waals surface area (Å²) in [4.78, 5) is 24.4. The fourth-order valence-corrected chi connectivity index (χ4v) is 3.76. The van der Waals surface area contributed by atoms with Crippen LogP contribution in [0.1, 0.15) is 37.5 Å². The summed E-state index contributed by atoms with van der Waals surface area (Å²) in [6, 6.07) is 20.1. The summed E-state index contributed by atoms with van der Waals surface area (Å²) >= 11 is 0. The van der Waals surface area contributed by atoms with E-state index in [4.69, 9.17) is 14.2 Å². The molecule has 0 heterocycles. The Morgan fingerprint density at radius 2 is 1.72 bits per heavy atom. The molecule has 36 heavy (non-hydrogen) atoms. The number of carbonyl (C=O) groups excluding carboxylic acids is 2. The zero-order chi connectivity index (χ0) is 26.3. The van der Waals surface area contributed by atoms with E-state index < -0.39 is 23.7 Å². The SMILES string of the molecule is COC(=O)[C@H](Cc1ccc(OCc2cccc(-c3ccccc3)c2C)c(O)c1)NC(=O)OC(C)(C)C. The maximum atomic E-state index is 12.2. The van der Waals surface area contributed by atoms with Gasteiger partial charge in [0.05, 0.1) is 7.11 Å². The van der Waals surface area contributed by atoms with Gasteiger partial charge in [0.1, 0.15) is 18.2 Å². The number of nitrogens with one attached hydrogen (secondary N) is 1. The summed E-state index contributed by atoms with van der Waals surface area (Å²) in [5.41, 5.74) is 4.28. The molecule has 3 rings (SSSR count). The molecule has 0 aliphatic carbocycles. The Kier molecular flexibility index (Phi) is 8.59. The molecule has 0 aromatic heterocycles. The number of phenols is 1. The number of hydrogen-bond donors (Lipinski definition) is 2. The van der Waals surface area contributed by atoms with Crippen molar-refractivity contribution in [2.75, 3.05) is 7.11 Å². The minimum absolute atomic E-state index is 0.0646. The summed E-state index contributed by atoms with van der Waals surface area (Å²) in [6.07, 6.45) is -0.618. The number of methoxy groups -OCH3 is 1. The predicted octanol–water partition coefficient (Wildman–Crippen LogP) is 5.56. The van der Waals surface area contributed by atoms with Crippen molar-refractivity contribution in [1.82, 2.24) is 5.32 Å². The van der Waals surface area contributed by atoms with Crippen LogP contribution in [0.2, 0.25) is 0 Å². The van der Waals surface area contributed by atoms with Crippen molar-refractivity contribution in [3.8, 4) is 22.6 Å². The molecule has 0 saturated carbocycles. The molecule has 0 bridgehead atoms. The van der Waals surface area contributed by atoms with Crippen LogP contribution in [0.25, 0.3) is 11.1 Å². The van der Waals surface area contributed by atoms with E-state index in [0.717, 1.165) is 22.3 Å². The van der Waals surface area contributed by atoms with Crippen molar-refractivity contribution in [3.05, 3.63) is 83.4 Å². The Morgan fingerprint density at radius 3 is 2.36 bits per heavy atom. The number of benzene rings is 3. The molecule has 0 spiro atoms. The standard InChI is InChI=1S/C29H33NO6/c1-19-22(12-9-13-23(19)21-10-7-6-8-11-21)18-35-26-15-14-20(17-25(26)31)16-24(27(32)34-5)30-28(33)36-29(2,3)4/h6-15,17,24,31H,16,18H2,1-5H3,(H,30,33)/t24-/m0/s1. The average Bonchev–Trinajstić information content (AvgIpc) is 2.82. The van der Waals surface area contributed by atoms with Gasteiger partial charge >= 0.3 is 12.1 Å². The highest BCUT2D eigenvalue weighted by molar-refractivity contribution is 5.81. The Hall–Kier alpha value is -4.00. The molecular formula is C29H33NO6. The molecule has 0 radical (unpaired) electrons. The summed E-state index contributed by atoms with van der Waals surface area (Å²) < 4.78 is 16.0. The fourth-order valence-electron chi connectivity index (χ4n) is 3.76. The lowest BCUT2D eigenvalue weighted by atomic mass is 9.97. The van der Waals surface area contributed by atoms with Crippen LogP contribution in [-0.2, 0) is 27.3 Å². The molecule has 3 aromatic carbocycles. The molecule has 3 aromatic rings. The normalized spacial score (nSPS) is 11.9. The minimum atomic E-state index is -0.973. The predicted molar refractivity (Wildman–Crippen MR) is 138 cm³/mol. The number of hydrogen-bond acceptors (Lipinski definition) is 6. The van der Waals surface area contributed by atoms with Crippen LogP contribution in [0.5, 0.6) is 11.5 Å². The quantitative estimate of drug-likeness (QED) is 0.401. The molecule has 0 unspecified atom stereocenters. The topological polar surface area (TPSA) is 94.1 Å². The number of carbonyl (C=O) groups is 2. The van der Waals surface area contributed by atoms with Gasteiger partial charge in [-0.15, -0.1) is 0 Å². The molecule has 0 fully saturated rings. The minimum Gasteiger partial charge on any atom is -0.504 e. The number of esters is 1. The average molecular weight is 492 g/mol. The van der Waals surface area contributed by atoms with E-state index in [9.17, 15) is 14.7 Å². The smallest absolute Gasteiger partial charge is 0.408 e. The Balaban J connectivity index is 1.69. The number of amides is 1. The van der Waals surface area contributed by atoms with E-state index in [-0.39, 0.29) is 18.8 Å². The second-order valence-corrected chi connectivity index (χ2v) is 9.47. The zero-order valence-electron chi connectivity index (χ0n) is 21.3. The van der Waals surface area contributed by atoms with Gasteiger partial charge in [0.15, 0.2) is 11.5 Å². The van der Waals surface area contributed by atoms with Gasteiger partial charge in [-0.05, 0) is 67.6 Å². The first-order valence-corrected chi connectivity index (χ1v) is 11.7. The van der Waals surface area contributed by atoms with Gasteiger partial charge in [0, 0.05) is 6.42 Å². The third-order valence-corrected chi connectivity index (χ3v) is 5.55. The highest BCUT2D eigenvalue weighted by atomic mass is 16.6. The Morgan fingerprint density at radius 1 is 1.00 bits per heavy atom. The molecule has 0 saturated heterocycles. The highest BCUT2D eigenvalue weighted by Gasteiger charge is 2.25. The van der Waals surface area contributed by atoms with Crippen molar-refractivity contribution >= 4 is 12.1 Å². The van der Waals surface area contributed by atoms with Crippen molar-refractivity contribution in [2.24, 2.45) is 0 Å². The molecule has 7 heteroatoms. The monoisotopic (exact) mass is 491 g/mol. The van der Waals surface area contributed by atoms with Crippen LogP contribution in [0.15, 0.2) is 66.7 Å². The van der Waals surface area contributed by atoms with Gasteiger partial charge in [0.25, 0.3) is 0 Å². The third kappa shape index (κ3) is 7.25. The lowest BCUT2D eigenvalue weighted by Crippen LogP contribution is -2.45. The largest absolute Gasteiger partial charge is 0.504 e. The van der Waals surface area contributed by atoms with Gasteiger partial charge < -0.3 is 24.6 Å². The fraction of sp³-hybridized carbons (Fsp3) is 0.310. The number of aromatic hydroxyl groups is 1. The van der Waals surface area contributed by atoms with Crippen molar-refractivity contribution < 1.29 is 28.9 Å². The Bertz CT molecular complexity index is 1200. The van der Waals surface area contributed by atoms with Crippen molar-refractivity contribution in [2.45, 2.75) is 52.4 Å². The molecule has 0 aliphatic rings. The van der Waals surface area contributed by atoms with Gasteiger partial charge in [-0.25, -0.2) is 9.59 Å². The second-order valence-electron chi connectivity index (χ2n) is 9.47. The first kappa shape index (κ1) is 26.6. The summed E-state index contributed by atoms with van der Waals surface area (Å²) in [5, 5.41) is 13.1. The molecule has 1 amide bonds. The summed E-state index contributed by atoms with van der Waals surface area (Å²) in [5.74, 6) is -0.363. The van der Waals surface area contributed by atoms with Crippen LogP contribution in [0.4, 0.5) is 4.79 Å². The molecule has 0 aliphatic heterocycles. The van der Waals surface area contributed by atoms with Crippen LogP contribution >= 0.6 is 0 Å². The summed E-state index contributed by atoms with van der Waals surface area (Å²) in [6.45, 7) is 7.53. The maximum Gasteiger partial charge on any atom is 0.408 e. The highest BCUT2D eigenvalue weighted by Crippen LogP contribution is 2.30. The molecule has 7 nitrogen and oxygen atoms in total. The van der Waals surface area contributed by atoms with Crippen LogP contribution in [0.3, 0.4) is 0 Å². The first-order valence-electron chi connectivity index (χ1n) is 11.7. The van der Waals surface area contributed by atoms with Gasteiger partial charge in [-0.3, -0.25) is 0 Å². The van der Waals surface area contributed by atoms with Crippen molar-refractivity contribution in [3.63, 3.8) is 0 Å². The van der Waals surface area contributed by atoms with Crippen LogP contribution < -0.4 is 10.1 Å². The molecule has 1 atom stereocenters. The van der Waals surface area contributed by atoms with E-state index in [0.29, 0.717) is 11.3 Å². The van der Waals surface area contributed by atoms with Gasteiger partial charge in [-0.1, -0.05) is 54.6 Å². The summed E-state index contributed by atoms with van der Waals surface area (Å²) in [7, 11) is 1.25. The number of alkyl carbamates (subject to hydrolysis) is 1.